The quantitative estimate of drug-likeness (QED) is 0.611. The number of ether oxygens (including phenoxy) is 2. The maximum absolute atomic E-state index is 11.4. The fourth-order valence-corrected chi connectivity index (χ4v) is 3.41. The summed E-state index contributed by atoms with van der Waals surface area (Å²) < 4.78 is 36.1. The Labute approximate surface area is 170 Å². The molecule has 2 aromatic carbocycles. The molecule has 0 aliphatic carbocycles. The molecule has 1 heterocycles. The molecule has 8 heteroatoms. The van der Waals surface area contributed by atoms with Gasteiger partial charge in [0.05, 0.1) is 26.2 Å². The van der Waals surface area contributed by atoms with Crippen molar-refractivity contribution in [3.63, 3.8) is 0 Å². The lowest BCUT2D eigenvalue weighted by molar-refractivity contribution is 0.409. The molecule has 0 aliphatic rings. The Bertz CT molecular complexity index is 1100. The van der Waals surface area contributed by atoms with Crippen LogP contribution in [0.3, 0.4) is 0 Å². The predicted molar refractivity (Wildman–Crippen MR) is 112 cm³/mol. The van der Waals surface area contributed by atoms with Crippen LogP contribution < -0.4 is 14.2 Å². The Balaban J connectivity index is 1.86. The molecular formula is C21H23N3O4S. The summed E-state index contributed by atoms with van der Waals surface area (Å²) in [7, 11) is -0.112. The van der Waals surface area contributed by atoms with Crippen LogP contribution in [0.25, 0.3) is 11.3 Å². The summed E-state index contributed by atoms with van der Waals surface area (Å²) in [5, 5.41) is 0. The molecule has 0 radical (unpaired) electrons. The normalized spacial score (nSPS) is 11.3. The van der Waals surface area contributed by atoms with E-state index < -0.39 is 10.0 Å². The first-order valence-electron chi connectivity index (χ1n) is 8.94. The number of benzene rings is 2. The third-order valence-electron chi connectivity index (χ3n) is 4.36. The number of para-hydroxylation sites is 1. The minimum atomic E-state index is -3.30. The molecule has 0 saturated heterocycles. The van der Waals surface area contributed by atoms with Crippen LogP contribution in [0.4, 0.5) is 0 Å². The monoisotopic (exact) mass is 413 g/mol. The van der Waals surface area contributed by atoms with Crippen molar-refractivity contribution in [2.75, 3.05) is 20.5 Å². The highest BCUT2D eigenvalue weighted by molar-refractivity contribution is 7.88. The third-order valence-corrected chi connectivity index (χ3v) is 5.03. The fraction of sp³-hybridized carbons (Fsp3) is 0.238. The maximum Gasteiger partial charge on any atom is 0.209 e. The average molecular weight is 413 g/mol. The Morgan fingerprint density at radius 3 is 2.45 bits per heavy atom. The van der Waals surface area contributed by atoms with Gasteiger partial charge in [-0.05, 0) is 29.8 Å². The molecule has 1 N–H and O–H groups in total. The molecule has 0 saturated carbocycles. The lowest BCUT2D eigenvalue weighted by atomic mass is 10.0. The van der Waals surface area contributed by atoms with Gasteiger partial charge in [0.1, 0.15) is 17.8 Å². The summed E-state index contributed by atoms with van der Waals surface area (Å²) >= 11 is 0. The largest absolute Gasteiger partial charge is 0.496 e. The predicted octanol–water partition coefficient (Wildman–Crippen LogP) is 2.80. The molecule has 0 amide bonds. The Kier molecular flexibility index (Phi) is 6.46. The second kappa shape index (κ2) is 9.02. The fourth-order valence-electron chi connectivity index (χ4n) is 3.00. The lowest BCUT2D eigenvalue weighted by Crippen LogP contribution is -2.21. The van der Waals surface area contributed by atoms with Crippen molar-refractivity contribution in [2.24, 2.45) is 0 Å². The van der Waals surface area contributed by atoms with E-state index in [-0.39, 0.29) is 6.54 Å². The molecule has 3 aromatic rings. The summed E-state index contributed by atoms with van der Waals surface area (Å²) in [6, 6.07) is 15.3. The maximum atomic E-state index is 11.4. The number of aromatic nitrogens is 2. The molecule has 7 nitrogen and oxygen atoms in total. The van der Waals surface area contributed by atoms with Gasteiger partial charge in [0.15, 0.2) is 0 Å². The molecule has 0 spiro atoms. The number of nitrogens with one attached hydrogen (secondary N) is 1. The molecule has 29 heavy (non-hydrogen) atoms. The number of methoxy groups -OCH3 is 2. The van der Waals surface area contributed by atoms with Crippen LogP contribution in [0.2, 0.25) is 0 Å². The first-order chi connectivity index (χ1) is 13.9. The van der Waals surface area contributed by atoms with Gasteiger partial charge in [-0.25, -0.2) is 23.1 Å². The smallest absolute Gasteiger partial charge is 0.209 e. The van der Waals surface area contributed by atoms with Gasteiger partial charge in [-0.2, -0.15) is 0 Å². The minimum Gasteiger partial charge on any atom is -0.496 e. The second-order valence-corrected chi connectivity index (χ2v) is 8.34. The SMILES string of the molecule is COc1ccc(Cc2cc(-c3ccccc3OC)ncn2)cc1CNS(C)(=O)=O. The lowest BCUT2D eigenvalue weighted by Gasteiger charge is -2.12. The Hall–Kier alpha value is -2.97. The van der Waals surface area contributed by atoms with Crippen molar-refractivity contribution in [3.8, 4) is 22.8 Å². The van der Waals surface area contributed by atoms with E-state index in [0.717, 1.165) is 40.1 Å². The van der Waals surface area contributed by atoms with Gasteiger partial charge in [0, 0.05) is 29.8 Å². The van der Waals surface area contributed by atoms with E-state index in [2.05, 4.69) is 14.7 Å². The highest BCUT2D eigenvalue weighted by Gasteiger charge is 2.11. The summed E-state index contributed by atoms with van der Waals surface area (Å²) in [6.45, 7) is 0.159. The molecule has 152 valence electrons. The third kappa shape index (κ3) is 5.52. The number of hydrogen-bond donors (Lipinski definition) is 1. The van der Waals surface area contributed by atoms with Crippen LogP contribution in [-0.2, 0) is 23.0 Å². The first kappa shape index (κ1) is 20.8. The molecule has 0 atom stereocenters. The van der Waals surface area contributed by atoms with E-state index >= 15 is 0 Å². The second-order valence-electron chi connectivity index (χ2n) is 6.51. The summed E-state index contributed by atoms with van der Waals surface area (Å²) in [4.78, 5) is 8.75. The van der Waals surface area contributed by atoms with Crippen molar-refractivity contribution in [1.29, 1.82) is 0 Å². The molecule has 0 fully saturated rings. The van der Waals surface area contributed by atoms with E-state index in [4.69, 9.17) is 9.47 Å². The highest BCUT2D eigenvalue weighted by Crippen LogP contribution is 2.28. The van der Waals surface area contributed by atoms with Gasteiger partial charge in [-0.3, -0.25) is 0 Å². The van der Waals surface area contributed by atoms with E-state index in [0.29, 0.717) is 12.2 Å². The average Bonchev–Trinajstić information content (AvgIpc) is 2.72. The zero-order valence-electron chi connectivity index (χ0n) is 16.5. The van der Waals surface area contributed by atoms with E-state index in [1.165, 1.54) is 6.33 Å². The summed E-state index contributed by atoms with van der Waals surface area (Å²) in [6.07, 6.45) is 3.23. The minimum absolute atomic E-state index is 0.159. The van der Waals surface area contributed by atoms with Gasteiger partial charge < -0.3 is 9.47 Å². The van der Waals surface area contributed by atoms with E-state index in [1.807, 2.05) is 48.5 Å². The van der Waals surface area contributed by atoms with Gasteiger partial charge in [-0.15, -0.1) is 0 Å². The van der Waals surface area contributed by atoms with Crippen LogP contribution in [0.15, 0.2) is 54.9 Å². The number of nitrogens with zero attached hydrogens (tertiary/aromatic N) is 2. The van der Waals surface area contributed by atoms with Crippen molar-refractivity contribution < 1.29 is 17.9 Å². The van der Waals surface area contributed by atoms with Crippen molar-refractivity contribution in [2.45, 2.75) is 13.0 Å². The van der Waals surface area contributed by atoms with Gasteiger partial charge in [0.2, 0.25) is 10.0 Å². The van der Waals surface area contributed by atoms with Gasteiger partial charge in [-0.1, -0.05) is 24.3 Å². The first-order valence-corrected chi connectivity index (χ1v) is 10.8. The van der Waals surface area contributed by atoms with Crippen LogP contribution in [0.1, 0.15) is 16.8 Å². The highest BCUT2D eigenvalue weighted by atomic mass is 32.2. The van der Waals surface area contributed by atoms with Crippen LogP contribution in [0, 0.1) is 0 Å². The van der Waals surface area contributed by atoms with Crippen LogP contribution in [-0.4, -0.2) is 38.9 Å². The Morgan fingerprint density at radius 1 is 0.966 bits per heavy atom. The van der Waals surface area contributed by atoms with Gasteiger partial charge in [0.25, 0.3) is 0 Å². The molecule has 0 bridgehead atoms. The topological polar surface area (TPSA) is 90.4 Å². The summed E-state index contributed by atoms with van der Waals surface area (Å²) in [5.41, 5.74) is 4.26. The van der Waals surface area contributed by atoms with Crippen molar-refractivity contribution >= 4 is 10.0 Å². The van der Waals surface area contributed by atoms with E-state index in [9.17, 15) is 8.42 Å². The van der Waals surface area contributed by atoms with Gasteiger partial charge >= 0.3 is 0 Å². The molecule has 3 rings (SSSR count). The molecule has 1 aromatic heterocycles. The molecule has 0 aliphatic heterocycles. The van der Waals surface area contributed by atoms with Crippen LogP contribution >= 0.6 is 0 Å². The van der Waals surface area contributed by atoms with Crippen molar-refractivity contribution in [1.82, 2.24) is 14.7 Å². The standard InChI is InChI=1S/C21H23N3O4S/c1-27-20-9-8-15(10-16(20)13-24-29(3,25)26)11-17-12-19(23-14-22-17)18-6-4-5-7-21(18)28-2/h4-10,12,14,24H,11,13H2,1-3H3. The van der Waals surface area contributed by atoms with E-state index in [1.54, 1.807) is 14.2 Å². The number of sulfonamides is 1. The molecular weight excluding hydrogens is 390 g/mol. The molecule has 0 unspecified atom stereocenters. The van der Waals surface area contributed by atoms with Crippen LogP contribution in [0.5, 0.6) is 11.5 Å². The zero-order chi connectivity index (χ0) is 20.9. The zero-order valence-corrected chi connectivity index (χ0v) is 17.4. The number of hydrogen-bond acceptors (Lipinski definition) is 6. The number of rotatable bonds is 8. The summed E-state index contributed by atoms with van der Waals surface area (Å²) in [5.74, 6) is 1.37. The Morgan fingerprint density at radius 2 is 1.72 bits per heavy atom. The van der Waals surface area contributed by atoms with Crippen molar-refractivity contribution in [3.05, 3.63) is 71.7 Å².